The Hall–Kier alpha value is -3.54. The van der Waals surface area contributed by atoms with Gasteiger partial charge in [-0.15, -0.1) is 0 Å². The van der Waals surface area contributed by atoms with E-state index in [0.717, 1.165) is 17.5 Å². The van der Waals surface area contributed by atoms with Crippen molar-refractivity contribution in [2.45, 2.75) is 31.7 Å². The van der Waals surface area contributed by atoms with E-state index in [4.69, 9.17) is 11.6 Å². The van der Waals surface area contributed by atoms with Crippen LogP contribution in [0.2, 0.25) is 5.02 Å². The highest BCUT2D eigenvalue weighted by atomic mass is 35.5. The quantitative estimate of drug-likeness (QED) is 0.229. The first-order valence-corrected chi connectivity index (χ1v) is 18.4. The van der Waals surface area contributed by atoms with Crippen LogP contribution in [0.4, 0.5) is 21.5 Å². The number of sulfonamides is 1. The highest BCUT2D eigenvalue weighted by Crippen LogP contribution is 2.44. The number of hydrogen-bond donors (Lipinski definition) is 1. The molecule has 1 N–H and O–H groups in total. The Bertz CT molecular complexity index is 1900. The molecular weight excluding hydrogens is 623 g/mol. The number of sulfone groups is 1. The van der Waals surface area contributed by atoms with Crippen LogP contribution in [0.1, 0.15) is 25.6 Å². The van der Waals surface area contributed by atoms with E-state index in [1.54, 1.807) is 31.2 Å². The van der Waals surface area contributed by atoms with Crippen LogP contribution in [0.3, 0.4) is 0 Å². The van der Waals surface area contributed by atoms with Gasteiger partial charge < -0.3 is 14.4 Å². The zero-order valence-electron chi connectivity index (χ0n) is 25.3. The lowest BCUT2D eigenvalue weighted by Gasteiger charge is -2.37. The number of nitrogens with zero attached hydrogens (tertiary/aromatic N) is 3. The van der Waals surface area contributed by atoms with Gasteiger partial charge in [0.15, 0.2) is 9.84 Å². The summed E-state index contributed by atoms with van der Waals surface area (Å²) in [5, 5.41) is 0.562. The van der Waals surface area contributed by atoms with Crippen LogP contribution in [0.5, 0.6) is 0 Å². The van der Waals surface area contributed by atoms with Crippen LogP contribution in [0, 0.1) is 12.7 Å². The Morgan fingerprint density at radius 1 is 0.795 bits per heavy atom. The lowest BCUT2D eigenvalue weighted by Crippen LogP contribution is -2.46. The first-order valence-electron chi connectivity index (χ1n) is 14.2. The smallest absolute Gasteiger partial charge is 0.229 e. The second-order valence-electron chi connectivity index (χ2n) is 11.5. The summed E-state index contributed by atoms with van der Waals surface area (Å²) >= 11 is 6.19. The SMILES string of the molecule is Cc1c(S(C)(=O)=O)c(-c2cc(F)cc(N3CCN(c4ccc(NS(C)(=O)=O)cc4)CC3)c2)c(-c2ccc(Cl)cc2)n1C(C)C. The van der Waals surface area contributed by atoms with Gasteiger partial charge in [0.2, 0.25) is 10.0 Å². The molecule has 0 saturated carbocycles. The minimum Gasteiger partial charge on any atom is -0.368 e. The van der Waals surface area contributed by atoms with Crippen molar-refractivity contribution in [2.24, 2.45) is 0 Å². The molecule has 0 amide bonds. The molecule has 1 aromatic heterocycles. The number of aromatic nitrogens is 1. The zero-order valence-corrected chi connectivity index (χ0v) is 27.7. The molecule has 1 aliphatic heterocycles. The second kappa shape index (κ2) is 12.1. The molecule has 44 heavy (non-hydrogen) atoms. The van der Waals surface area contributed by atoms with Gasteiger partial charge in [0.05, 0.1) is 16.8 Å². The molecule has 2 heterocycles. The molecule has 1 fully saturated rings. The Morgan fingerprint density at radius 3 is 1.89 bits per heavy atom. The molecule has 1 saturated heterocycles. The van der Waals surface area contributed by atoms with Crippen molar-refractivity contribution in [3.05, 3.63) is 83.3 Å². The average Bonchev–Trinajstić information content (AvgIpc) is 3.26. The molecule has 5 rings (SSSR count). The van der Waals surface area contributed by atoms with E-state index in [0.29, 0.717) is 65.1 Å². The highest BCUT2D eigenvalue weighted by Gasteiger charge is 2.30. The lowest BCUT2D eigenvalue weighted by molar-refractivity contribution is 0.583. The van der Waals surface area contributed by atoms with Crippen molar-refractivity contribution < 1.29 is 21.2 Å². The maximum absolute atomic E-state index is 15.4. The zero-order chi connectivity index (χ0) is 32.0. The molecule has 0 radical (unpaired) electrons. The highest BCUT2D eigenvalue weighted by molar-refractivity contribution is 7.92. The van der Waals surface area contributed by atoms with Crippen molar-refractivity contribution in [3.63, 3.8) is 0 Å². The monoisotopic (exact) mass is 658 g/mol. The Balaban J connectivity index is 1.51. The predicted molar refractivity (Wildman–Crippen MR) is 178 cm³/mol. The Morgan fingerprint density at radius 2 is 1.36 bits per heavy atom. The van der Waals surface area contributed by atoms with Crippen LogP contribution in [-0.4, -0.2) is 60.1 Å². The predicted octanol–water partition coefficient (Wildman–Crippen LogP) is 6.61. The summed E-state index contributed by atoms with van der Waals surface area (Å²) in [7, 11) is -7.05. The fraction of sp³-hybridized carbons (Fsp3) is 0.312. The molecule has 0 spiro atoms. The normalized spacial score (nSPS) is 14.4. The lowest BCUT2D eigenvalue weighted by atomic mass is 9.99. The number of benzene rings is 3. The van der Waals surface area contributed by atoms with Crippen molar-refractivity contribution in [2.75, 3.05) is 53.2 Å². The minimum absolute atomic E-state index is 0.0627. The molecule has 8 nitrogen and oxygen atoms in total. The second-order valence-corrected chi connectivity index (χ2v) is 15.6. The van der Waals surface area contributed by atoms with Crippen molar-refractivity contribution in [1.82, 2.24) is 4.57 Å². The minimum atomic E-state index is -3.69. The number of rotatable bonds is 8. The largest absolute Gasteiger partial charge is 0.368 e. The van der Waals surface area contributed by atoms with Gasteiger partial charge in [-0.2, -0.15) is 0 Å². The van der Waals surface area contributed by atoms with E-state index < -0.39 is 25.7 Å². The standard InChI is InChI=1S/C32H36ClFN4O4S2/c1-21(2)38-22(3)32(43(4,39)40)30(31(38)23-6-8-25(33)9-7-23)24-18-26(34)20-29(19-24)37-16-14-36(15-17-37)28-12-10-27(11-13-28)35-44(5,41)42/h6-13,18-21,35H,14-17H2,1-5H3. The number of anilines is 3. The van der Waals surface area contributed by atoms with Crippen LogP contribution in [0.15, 0.2) is 71.6 Å². The van der Waals surface area contributed by atoms with Crippen molar-refractivity contribution >= 4 is 48.5 Å². The van der Waals surface area contributed by atoms with E-state index in [9.17, 15) is 16.8 Å². The summed E-state index contributed by atoms with van der Waals surface area (Å²) in [5.41, 5.74) is 5.17. The maximum atomic E-state index is 15.4. The molecule has 4 aromatic rings. The molecule has 0 unspecified atom stereocenters. The van der Waals surface area contributed by atoms with Crippen LogP contribution in [0.25, 0.3) is 22.4 Å². The summed E-state index contributed by atoms with van der Waals surface area (Å²) in [6.07, 6.45) is 2.30. The molecule has 1 aliphatic rings. The number of nitrogens with one attached hydrogen (secondary N) is 1. The van der Waals surface area contributed by atoms with Gasteiger partial charge >= 0.3 is 0 Å². The molecule has 12 heteroatoms. The summed E-state index contributed by atoms with van der Waals surface area (Å²) in [4.78, 5) is 4.47. The number of hydrogen-bond acceptors (Lipinski definition) is 6. The van der Waals surface area contributed by atoms with Gasteiger partial charge in [-0.05, 0) is 86.5 Å². The maximum Gasteiger partial charge on any atom is 0.229 e. The molecule has 234 valence electrons. The van der Waals surface area contributed by atoms with Crippen LogP contribution < -0.4 is 14.5 Å². The summed E-state index contributed by atoms with van der Waals surface area (Å²) in [5.74, 6) is -0.453. The first kappa shape index (κ1) is 31.9. The summed E-state index contributed by atoms with van der Waals surface area (Å²) < 4.78 is 69.5. The van der Waals surface area contributed by atoms with E-state index in [1.807, 2.05) is 48.7 Å². The van der Waals surface area contributed by atoms with Gasteiger partial charge in [-0.3, -0.25) is 4.72 Å². The van der Waals surface area contributed by atoms with Gasteiger partial charge in [-0.1, -0.05) is 23.7 Å². The topological polar surface area (TPSA) is 91.7 Å². The molecular formula is C32H36ClFN4O4S2. The molecule has 0 bridgehead atoms. The van der Waals surface area contributed by atoms with Gasteiger partial charge in [0.25, 0.3) is 0 Å². The van der Waals surface area contributed by atoms with E-state index in [2.05, 4.69) is 14.5 Å². The third-order valence-corrected chi connectivity index (χ3v) is 9.85. The van der Waals surface area contributed by atoms with E-state index >= 15 is 4.39 Å². The van der Waals surface area contributed by atoms with E-state index in [1.165, 1.54) is 18.4 Å². The van der Waals surface area contributed by atoms with Gasteiger partial charge in [-0.25, -0.2) is 21.2 Å². The number of halogens is 2. The van der Waals surface area contributed by atoms with Crippen molar-refractivity contribution in [1.29, 1.82) is 0 Å². The Labute approximate surface area is 264 Å². The molecule has 3 aromatic carbocycles. The fourth-order valence-corrected chi connectivity index (χ4v) is 7.93. The average molecular weight is 659 g/mol. The summed E-state index contributed by atoms with van der Waals surface area (Å²) in [6.45, 7) is 8.34. The molecule has 0 aliphatic carbocycles. The van der Waals surface area contributed by atoms with Gasteiger partial charge in [0, 0.05) is 71.8 Å². The van der Waals surface area contributed by atoms with E-state index in [-0.39, 0.29) is 10.9 Å². The van der Waals surface area contributed by atoms with Crippen LogP contribution in [-0.2, 0) is 19.9 Å². The summed E-state index contributed by atoms with van der Waals surface area (Å²) in [6, 6.07) is 19.1. The molecule has 0 atom stereocenters. The van der Waals surface area contributed by atoms with Gasteiger partial charge in [0.1, 0.15) is 5.82 Å². The Kier molecular flexibility index (Phi) is 8.76. The third-order valence-electron chi connectivity index (χ3n) is 7.75. The van der Waals surface area contributed by atoms with Crippen LogP contribution >= 0.6 is 11.6 Å². The fourth-order valence-electron chi connectivity index (χ4n) is 6.02. The number of piperazine rings is 1. The first-order chi connectivity index (χ1) is 20.6. The third kappa shape index (κ3) is 6.74. The van der Waals surface area contributed by atoms with Crippen molar-refractivity contribution in [3.8, 4) is 22.4 Å².